The molecule has 1 aromatic carbocycles. The first-order chi connectivity index (χ1) is 8.22. The van der Waals surface area contributed by atoms with Gasteiger partial charge in [0.15, 0.2) is 0 Å². The molecule has 0 saturated carbocycles. The maximum atomic E-state index is 4.00. The summed E-state index contributed by atoms with van der Waals surface area (Å²) in [6.45, 7) is 12.7. The zero-order valence-corrected chi connectivity index (χ0v) is 10.9. The van der Waals surface area contributed by atoms with E-state index in [9.17, 15) is 0 Å². The van der Waals surface area contributed by atoms with Crippen molar-refractivity contribution in [2.45, 2.75) is 19.9 Å². The molecule has 1 atom stereocenters. The van der Waals surface area contributed by atoms with Crippen LogP contribution in [0.3, 0.4) is 0 Å². The molecule has 1 saturated heterocycles. The van der Waals surface area contributed by atoms with Gasteiger partial charge in [-0.3, -0.25) is 4.90 Å². The average molecular weight is 230 g/mol. The third kappa shape index (κ3) is 2.76. The minimum atomic E-state index is 0.358. The van der Waals surface area contributed by atoms with E-state index in [2.05, 4.69) is 54.9 Å². The first-order valence-electron chi connectivity index (χ1n) is 6.37. The molecular formula is C15H22N2. The lowest BCUT2D eigenvalue weighted by Crippen LogP contribution is -2.44. The number of piperazine rings is 1. The Morgan fingerprint density at radius 1 is 1.24 bits per heavy atom. The predicted molar refractivity (Wildman–Crippen MR) is 73.3 cm³/mol. The monoisotopic (exact) mass is 230 g/mol. The molecule has 1 N–H and O–H groups in total. The molecule has 17 heavy (non-hydrogen) atoms. The molecule has 0 radical (unpaired) electrons. The van der Waals surface area contributed by atoms with Crippen molar-refractivity contribution >= 4 is 0 Å². The lowest BCUT2D eigenvalue weighted by Gasteiger charge is -2.33. The summed E-state index contributed by atoms with van der Waals surface area (Å²) in [6, 6.07) is 7.10. The smallest absolute Gasteiger partial charge is 0.0530 e. The van der Waals surface area contributed by atoms with E-state index in [0.29, 0.717) is 6.04 Å². The predicted octanol–water partition coefficient (Wildman–Crippen LogP) is 2.44. The van der Waals surface area contributed by atoms with Gasteiger partial charge in [0, 0.05) is 26.2 Å². The van der Waals surface area contributed by atoms with E-state index in [1.165, 1.54) is 16.7 Å². The van der Waals surface area contributed by atoms with Crippen LogP contribution in [0.25, 0.3) is 0 Å². The second-order valence-electron chi connectivity index (χ2n) is 4.81. The van der Waals surface area contributed by atoms with Crippen molar-refractivity contribution in [3.63, 3.8) is 0 Å². The zero-order valence-electron chi connectivity index (χ0n) is 10.9. The Balaban J connectivity index is 2.21. The Morgan fingerprint density at radius 3 is 2.53 bits per heavy atom. The molecule has 0 aromatic heterocycles. The van der Waals surface area contributed by atoms with Crippen LogP contribution in [0, 0.1) is 13.8 Å². The minimum Gasteiger partial charge on any atom is -0.314 e. The number of nitrogens with zero attached hydrogens (tertiary/aromatic N) is 1. The molecule has 1 aliphatic rings. The number of aryl methyl sites for hydroxylation is 2. The highest BCUT2D eigenvalue weighted by atomic mass is 15.2. The van der Waals surface area contributed by atoms with Gasteiger partial charge in [0.1, 0.15) is 0 Å². The van der Waals surface area contributed by atoms with Crippen molar-refractivity contribution in [1.82, 2.24) is 10.2 Å². The quantitative estimate of drug-likeness (QED) is 0.802. The van der Waals surface area contributed by atoms with Gasteiger partial charge in [-0.15, -0.1) is 6.58 Å². The summed E-state index contributed by atoms with van der Waals surface area (Å²) in [5.74, 6) is 0. The Kier molecular flexibility index (Phi) is 3.97. The third-order valence-corrected chi connectivity index (χ3v) is 3.64. The molecule has 1 aromatic rings. The molecular weight excluding hydrogens is 208 g/mol. The molecule has 2 rings (SSSR count). The standard InChI is InChI=1S/C15H22N2/c1-4-15(17-9-7-16-8-10-17)14-6-5-12(2)13(3)11-14/h4-6,11,15-16H,1,7-10H2,2-3H3/t15-/m0/s1. The first-order valence-corrected chi connectivity index (χ1v) is 6.37. The van der Waals surface area contributed by atoms with Gasteiger partial charge in [-0.2, -0.15) is 0 Å². The van der Waals surface area contributed by atoms with Gasteiger partial charge in [-0.05, 0) is 30.5 Å². The van der Waals surface area contributed by atoms with E-state index in [4.69, 9.17) is 0 Å². The van der Waals surface area contributed by atoms with E-state index >= 15 is 0 Å². The number of hydrogen-bond acceptors (Lipinski definition) is 2. The molecule has 1 fully saturated rings. The van der Waals surface area contributed by atoms with Crippen LogP contribution >= 0.6 is 0 Å². The molecule has 0 bridgehead atoms. The first kappa shape index (κ1) is 12.3. The highest BCUT2D eigenvalue weighted by molar-refractivity contribution is 5.33. The summed E-state index contributed by atoms with van der Waals surface area (Å²) >= 11 is 0. The lowest BCUT2D eigenvalue weighted by molar-refractivity contribution is 0.203. The van der Waals surface area contributed by atoms with Crippen LogP contribution in [-0.4, -0.2) is 31.1 Å². The number of rotatable bonds is 3. The van der Waals surface area contributed by atoms with Crippen molar-refractivity contribution < 1.29 is 0 Å². The molecule has 0 aliphatic carbocycles. The summed E-state index contributed by atoms with van der Waals surface area (Å²) in [4.78, 5) is 2.49. The summed E-state index contributed by atoms with van der Waals surface area (Å²) in [5, 5.41) is 3.39. The maximum absolute atomic E-state index is 4.00. The van der Waals surface area contributed by atoms with Crippen molar-refractivity contribution in [3.05, 3.63) is 47.5 Å². The fourth-order valence-corrected chi connectivity index (χ4v) is 2.40. The van der Waals surface area contributed by atoms with E-state index in [1.54, 1.807) is 0 Å². The van der Waals surface area contributed by atoms with Crippen molar-refractivity contribution in [3.8, 4) is 0 Å². The summed E-state index contributed by atoms with van der Waals surface area (Å²) in [6.07, 6.45) is 2.06. The Bertz CT molecular complexity index is 392. The SMILES string of the molecule is C=C[C@@H](c1ccc(C)c(C)c1)N1CCNCC1. The summed E-state index contributed by atoms with van der Waals surface area (Å²) in [5.41, 5.74) is 4.09. The van der Waals surface area contributed by atoms with Crippen LogP contribution in [0.15, 0.2) is 30.9 Å². The minimum absolute atomic E-state index is 0.358. The number of benzene rings is 1. The molecule has 2 heteroatoms. The Labute approximate surface area is 104 Å². The van der Waals surface area contributed by atoms with E-state index in [0.717, 1.165) is 26.2 Å². The van der Waals surface area contributed by atoms with Crippen molar-refractivity contribution in [1.29, 1.82) is 0 Å². The van der Waals surface area contributed by atoms with Crippen LogP contribution in [0.2, 0.25) is 0 Å². The summed E-state index contributed by atoms with van der Waals surface area (Å²) < 4.78 is 0. The van der Waals surface area contributed by atoms with Crippen LogP contribution in [-0.2, 0) is 0 Å². The lowest BCUT2D eigenvalue weighted by atomic mass is 9.99. The highest BCUT2D eigenvalue weighted by Crippen LogP contribution is 2.24. The zero-order chi connectivity index (χ0) is 12.3. The number of nitrogens with one attached hydrogen (secondary N) is 1. The van der Waals surface area contributed by atoms with E-state index < -0.39 is 0 Å². The second-order valence-corrected chi connectivity index (χ2v) is 4.81. The highest BCUT2D eigenvalue weighted by Gasteiger charge is 2.19. The van der Waals surface area contributed by atoms with Crippen LogP contribution < -0.4 is 5.32 Å². The fourth-order valence-electron chi connectivity index (χ4n) is 2.40. The van der Waals surface area contributed by atoms with Gasteiger partial charge in [0.25, 0.3) is 0 Å². The molecule has 92 valence electrons. The largest absolute Gasteiger partial charge is 0.314 e. The average Bonchev–Trinajstić information content (AvgIpc) is 2.36. The van der Waals surface area contributed by atoms with Crippen molar-refractivity contribution in [2.75, 3.05) is 26.2 Å². The third-order valence-electron chi connectivity index (χ3n) is 3.64. The summed E-state index contributed by atoms with van der Waals surface area (Å²) in [7, 11) is 0. The molecule has 1 aliphatic heterocycles. The molecule has 0 unspecified atom stereocenters. The normalized spacial score (nSPS) is 18.9. The van der Waals surface area contributed by atoms with Gasteiger partial charge in [0.2, 0.25) is 0 Å². The van der Waals surface area contributed by atoms with Gasteiger partial charge in [-0.1, -0.05) is 24.3 Å². The van der Waals surface area contributed by atoms with E-state index in [1.807, 2.05) is 0 Å². The maximum Gasteiger partial charge on any atom is 0.0530 e. The second kappa shape index (κ2) is 5.48. The number of hydrogen-bond donors (Lipinski definition) is 1. The van der Waals surface area contributed by atoms with Gasteiger partial charge in [0.05, 0.1) is 6.04 Å². The molecule has 0 amide bonds. The van der Waals surface area contributed by atoms with Gasteiger partial charge >= 0.3 is 0 Å². The topological polar surface area (TPSA) is 15.3 Å². The molecule has 0 spiro atoms. The fraction of sp³-hybridized carbons (Fsp3) is 0.467. The Morgan fingerprint density at radius 2 is 1.94 bits per heavy atom. The van der Waals surface area contributed by atoms with E-state index in [-0.39, 0.29) is 0 Å². The molecule has 1 heterocycles. The van der Waals surface area contributed by atoms with Gasteiger partial charge < -0.3 is 5.32 Å². The Hall–Kier alpha value is -1.12. The van der Waals surface area contributed by atoms with Crippen LogP contribution in [0.1, 0.15) is 22.7 Å². The molecule has 2 nitrogen and oxygen atoms in total. The van der Waals surface area contributed by atoms with Crippen molar-refractivity contribution in [2.24, 2.45) is 0 Å². The van der Waals surface area contributed by atoms with Crippen LogP contribution in [0.4, 0.5) is 0 Å². The van der Waals surface area contributed by atoms with Gasteiger partial charge in [-0.25, -0.2) is 0 Å². The van der Waals surface area contributed by atoms with Crippen LogP contribution in [0.5, 0.6) is 0 Å².